The van der Waals surface area contributed by atoms with Crippen molar-refractivity contribution in [3.05, 3.63) is 42.0 Å². The van der Waals surface area contributed by atoms with Crippen LogP contribution in [0.4, 0.5) is 5.69 Å². The zero-order valence-electron chi connectivity index (χ0n) is 13.0. The Bertz CT molecular complexity index is 583. The molecule has 0 saturated heterocycles. The quantitative estimate of drug-likeness (QED) is 0.641. The summed E-state index contributed by atoms with van der Waals surface area (Å²) in [6.45, 7) is 11.0. The van der Waals surface area contributed by atoms with E-state index < -0.39 is 0 Å². The molecular weight excluding hydrogens is 230 g/mol. The summed E-state index contributed by atoms with van der Waals surface area (Å²) in [4.78, 5) is 2.43. The molecule has 1 nitrogen and oxygen atoms in total. The number of benzene rings is 2. The first-order valence-corrected chi connectivity index (χ1v) is 7.28. The van der Waals surface area contributed by atoms with Crippen LogP contribution in [0, 0.1) is 0 Å². The second kappa shape index (κ2) is 4.88. The molecule has 0 fully saturated rings. The molecule has 1 atom stereocenters. The fourth-order valence-electron chi connectivity index (χ4n) is 3.06. The van der Waals surface area contributed by atoms with Gasteiger partial charge in [-0.1, -0.05) is 64.1 Å². The Morgan fingerprint density at radius 2 is 1.63 bits per heavy atom. The van der Waals surface area contributed by atoms with E-state index in [-0.39, 0.29) is 5.41 Å². The highest BCUT2D eigenvalue weighted by Crippen LogP contribution is 2.47. The van der Waals surface area contributed by atoms with Crippen LogP contribution in [0.5, 0.6) is 0 Å². The number of likely N-dealkylation sites (N-methyl/N-ethyl adjacent to an activating group) is 1. The summed E-state index contributed by atoms with van der Waals surface area (Å²) < 4.78 is 0. The monoisotopic (exact) mass is 255 g/mol. The van der Waals surface area contributed by atoms with E-state index in [1.54, 1.807) is 0 Å². The molecule has 1 heteroatoms. The van der Waals surface area contributed by atoms with Crippen molar-refractivity contribution in [1.29, 1.82) is 0 Å². The van der Waals surface area contributed by atoms with Crippen molar-refractivity contribution in [2.75, 3.05) is 11.9 Å². The minimum absolute atomic E-state index is 0.230. The SMILES string of the molecule is CC.CC1N(C)c2c(ccc3ccccc23)C1(C)C. The second-order valence-corrected chi connectivity index (χ2v) is 5.69. The van der Waals surface area contributed by atoms with Gasteiger partial charge in [0.25, 0.3) is 0 Å². The van der Waals surface area contributed by atoms with Crippen LogP contribution in [0.1, 0.15) is 40.2 Å². The molecule has 2 aromatic rings. The number of nitrogens with zero attached hydrogens (tertiary/aromatic N) is 1. The molecule has 0 amide bonds. The third kappa shape index (κ3) is 1.92. The minimum atomic E-state index is 0.230. The molecule has 3 rings (SSSR count). The summed E-state index contributed by atoms with van der Waals surface area (Å²) in [6.07, 6.45) is 0. The van der Waals surface area contributed by atoms with Gasteiger partial charge in [0.1, 0.15) is 0 Å². The number of anilines is 1. The van der Waals surface area contributed by atoms with Gasteiger partial charge in [-0.05, 0) is 17.9 Å². The first kappa shape index (κ1) is 13.9. The molecule has 1 heterocycles. The topological polar surface area (TPSA) is 3.24 Å². The molecule has 0 aromatic heterocycles. The molecule has 1 aliphatic heterocycles. The maximum atomic E-state index is 2.43. The van der Waals surface area contributed by atoms with Crippen LogP contribution in [0.3, 0.4) is 0 Å². The molecule has 102 valence electrons. The van der Waals surface area contributed by atoms with Crippen molar-refractivity contribution in [2.45, 2.75) is 46.1 Å². The largest absolute Gasteiger partial charge is 0.370 e. The van der Waals surface area contributed by atoms with E-state index >= 15 is 0 Å². The maximum Gasteiger partial charge on any atom is 0.0484 e. The summed E-state index contributed by atoms with van der Waals surface area (Å²) in [7, 11) is 2.21. The summed E-state index contributed by atoms with van der Waals surface area (Å²) >= 11 is 0. The lowest BCUT2D eigenvalue weighted by atomic mass is 9.81. The van der Waals surface area contributed by atoms with Gasteiger partial charge in [-0.2, -0.15) is 0 Å². The second-order valence-electron chi connectivity index (χ2n) is 5.69. The maximum absolute atomic E-state index is 2.43. The van der Waals surface area contributed by atoms with Gasteiger partial charge in [0, 0.05) is 29.6 Å². The van der Waals surface area contributed by atoms with E-state index in [0.29, 0.717) is 6.04 Å². The zero-order valence-corrected chi connectivity index (χ0v) is 13.0. The summed E-state index contributed by atoms with van der Waals surface area (Å²) in [5.74, 6) is 0. The third-order valence-electron chi connectivity index (χ3n) is 4.57. The molecular formula is C18H25N. The van der Waals surface area contributed by atoms with Crippen LogP contribution in [0.2, 0.25) is 0 Å². The summed E-state index contributed by atoms with van der Waals surface area (Å²) in [6, 6.07) is 13.8. The summed E-state index contributed by atoms with van der Waals surface area (Å²) in [5.41, 5.74) is 3.13. The Balaban J connectivity index is 0.000000637. The Kier molecular flexibility index (Phi) is 3.58. The van der Waals surface area contributed by atoms with E-state index in [1.807, 2.05) is 13.8 Å². The van der Waals surface area contributed by atoms with Gasteiger partial charge >= 0.3 is 0 Å². The van der Waals surface area contributed by atoms with Gasteiger partial charge in [-0.3, -0.25) is 0 Å². The Morgan fingerprint density at radius 1 is 1.00 bits per heavy atom. The molecule has 0 aliphatic carbocycles. The lowest BCUT2D eigenvalue weighted by Crippen LogP contribution is -2.36. The predicted molar refractivity (Wildman–Crippen MR) is 86.2 cm³/mol. The highest BCUT2D eigenvalue weighted by atomic mass is 15.2. The molecule has 2 aromatic carbocycles. The van der Waals surface area contributed by atoms with Gasteiger partial charge in [0.05, 0.1) is 0 Å². The van der Waals surface area contributed by atoms with Gasteiger partial charge < -0.3 is 4.90 Å². The third-order valence-corrected chi connectivity index (χ3v) is 4.57. The molecule has 19 heavy (non-hydrogen) atoms. The van der Waals surface area contributed by atoms with Crippen LogP contribution < -0.4 is 4.90 Å². The number of fused-ring (bicyclic) bond motifs is 3. The van der Waals surface area contributed by atoms with E-state index in [0.717, 1.165) is 0 Å². The fraction of sp³-hybridized carbons (Fsp3) is 0.444. The van der Waals surface area contributed by atoms with E-state index in [2.05, 4.69) is 69.1 Å². The average molecular weight is 255 g/mol. The van der Waals surface area contributed by atoms with Gasteiger partial charge in [0.2, 0.25) is 0 Å². The molecule has 1 unspecified atom stereocenters. The lowest BCUT2D eigenvalue weighted by molar-refractivity contribution is 0.454. The van der Waals surface area contributed by atoms with E-state index in [9.17, 15) is 0 Å². The van der Waals surface area contributed by atoms with Crippen LogP contribution >= 0.6 is 0 Å². The summed E-state index contributed by atoms with van der Waals surface area (Å²) in [5, 5.41) is 2.72. The smallest absolute Gasteiger partial charge is 0.0484 e. The van der Waals surface area contributed by atoms with Crippen LogP contribution in [0.25, 0.3) is 10.8 Å². The molecule has 0 bridgehead atoms. The van der Waals surface area contributed by atoms with Crippen molar-refractivity contribution in [2.24, 2.45) is 0 Å². The van der Waals surface area contributed by atoms with Crippen molar-refractivity contribution >= 4 is 16.5 Å². The Morgan fingerprint density at radius 3 is 2.32 bits per heavy atom. The first-order valence-electron chi connectivity index (χ1n) is 7.28. The average Bonchev–Trinajstić information content (AvgIpc) is 2.62. The number of rotatable bonds is 0. The van der Waals surface area contributed by atoms with Crippen molar-refractivity contribution in [1.82, 2.24) is 0 Å². The lowest BCUT2D eigenvalue weighted by Gasteiger charge is -2.28. The number of hydrogen-bond donors (Lipinski definition) is 0. The highest BCUT2D eigenvalue weighted by Gasteiger charge is 2.40. The Labute approximate surface area is 117 Å². The highest BCUT2D eigenvalue weighted by molar-refractivity contribution is 5.97. The fourth-order valence-corrected chi connectivity index (χ4v) is 3.06. The van der Waals surface area contributed by atoms with Crippen LogP contribution in [0.15, 0.2) is 36.4 Å². The number of hydrogen-bond acceptors (Lipinski definition) is 1. The molecule has 0 spiro atoms. The zero-order chi connectivity index (χ0) is 14.2. The molecule has 0 radical (unpaired) electrons. The predicted octanol–water partition coefficient (Wildman–Crippen LogP) is 4.98. The van der Waals surface area contributed by atoms with Crippen molar-refractivity contribution in [3.63, 3.8) is 0 Å². The molecule has 1 aliphatic rings. The van der Waals surface area contributed by atoms with Gasteiger partial charge in [-0.25, -0.2) is 0 Å². The standard InChI is InChI=1S/C16H19N.C2H6/c1-11-16(2,3)14-10-9-12-7-5-6-8-13(12)15(14)17(11)4;1-2/h5-11H,1-4H3;1-2H3. The Hall–Kier alpha value is -1.50. The first-order chi connectivity index (χ1) is 9.03. The van der Waals surface area contributed by atoms with Crippen LogP contribution in [-0.2, 0) is 5.41 Å². The van der Waals surface area contributed by atoms with E-state index in [4.69, 9.17) is 0 Å². The van der Waals surface area contributed by atoms with Gasteiger partial charge in [-0.15, -0.1) is 0 Å². The van der Waals surface area contributed by atoms with Crippen molar-refractivity contribution in [3.8, 4) is 0 Å². The minimum Gasteiger partial charge on any atom is -0.370 e. The van der Waals surface area contributed by atoms with Crippen LogP contribution in [-0.4, -0.2) is 13.1 Å². The van der Waals surface area contributed by atoms with Gasteiger partial charge in [0.15, 0.2) is 0 Å². The molecule has 0 N–H and O–H groups in total. The molecule has 0 saturated carbocycles. The van der Waals surface area contributed by atoms with Crippen molar-refractivity contribution < 1.29 is 0 Å². The normalized spacial score (nSPS) is 19.9. The van der Waals surface area contributed by atoms with E-state index in [1.165, 1.54) is 22.0 Å².